The molecule has 0 saturated carbocycles. The second-order valence-electron chi connectivity index (χ2n) is 4.19. The van der Waals surface area contributed by atoms with Crippen LogP contribution in [-0.2, 0) is 19.1 Å². The average molecular weight is 286 g/mol. The van der Waals surface area contributed by atoms with Gasteiger partial charge in [-0.1, -0.05) is 12.2 Å². The maximum Gasteiger partial charge on any atom is 0.330 e. The fraction of sp³-hybridized carbons (Fsp3) is 0.571. The minimum absolute atomic E-state index is 0.311. The molecule has 0 unspecified atom stereocenters. The number of hydrogen-bond acceptors (Lipinski definition) is 4. The molecule has 0 amide bonds. The molecule has 0 aromatic heterocycles. The molecule has 0 aliphatic rings. The van der Waals surface area contributed by atoms with Gasteiger partial charge in [-0.2, -0.15) is 0 Å². The van der Waals surface area contributed by atoms with E-state index in [-0.39, 0.29) is 0 Å². The van der Waals surface area contributed by atoms with Crippen molar-refractivity contribution in [2.75, 3.05) is 26.4 Å². The van der Waals surface area contributed by atoms with Gasteiger partial charge in [0.2, 0.25) is 0 Å². The highest BCUT2D eigenvalue weighted by Crippen LogP contribution is 1.97. The molecule has 0 aromatic carbocycles. The Morgan fingerprint density at radius 3 is 1.45 bits per heavy atom. The molecule has 0 radical (unpaired) electrons. The number of carboxylic acid groups (broad SMARTS) is 2. The van der Waals surface area contributed by atoms with Crippen LogP contribution in [0.1, 0.15) is 26.7 Å². The Labute approximate surface area is 118 Å². The first-order chi connectivity index (χ1) is 9.45. The van der Waals surface area contributed by atoms with Crippen LogP contribution in [0.2, 0.25) is 0 Å². The highest BCUT2D eigenvalue weighted by Gasteiger charge is 1.98. The summed E-state index contributed by atoms with van der Waals surface area (Å²) >= 11 is 0. The predicted octanol–water partition coefficient (Wildman–Crippen LogP) is 1.86. The van der Waals surface area contributed by atoms with E-state index < -0.39 is 11.9 Å². The molecule has 0 saturated heterocycles. The number of aliphatic carboxylic acids is 2. The lowest BCUT2D eigenvalue weighted by Crippen LogP contribution is -2.06. The van der Waals surface area contributed by atoms with Crippen molar-refractivity contribution in [3.05, 3.63) is 23.3 Å². The Hall–Kier alpha value is -1.66. The van der Waals surface area contributed by atoms with Crippen molar-refractivity contribution in [1.29, 1.82) is 0 Å². The maximum atomic E-state index is 10.5. The molecule has 0 fully saturated rings. The first kappa shape index (κ1) is 18.3. The quantitative estimate of drug-likeness (QED) is 0.445. The molecule has 0 heterocycles. The van der Waals surface area contributed by atoms with E-state index in [9.17, 15) is 9.59 Å². The van der Waals surface area contributed by atoms with Crippen molar-refractivity contribution in [3.63, 3.8) is 0 Å². The van der Waals surface area contributed by atoms with Crippen LogP contribution < -0.4 is 0 Å². The lowest BCUT2D eigenvalue weighted by molar-refractivity contribution is -0.133. The summed E-state index contributed by atoms with van der Waals surface area (Å²) in [5.74, 6) is -1.84. The molecule has 2 N–H and O–H groups in total. The Bertz CT molecular complexity index is 334. The molecule has 0 aliphatic heterocycles. The number of carboxylic acids is 2. The Balaban J connectivity index is 3.42. The van der Waals surface area contributed by atoms with Crippen LogP contribution in [0, 0.1) is 0 Å². The summed E-state index contributed by atoms with van der Waals surface area (Å²) in [5.41, 5.74) is 0.621. The standard InChI is InChI=1S/C14H22O6/c1-11(13(15)16)5-3-7-19-9-10-20-8-4-6-12(2)14(17)18/h5-6H,3-4,7-10H2,1-2H3,(H,15,16)(H,17,18). The van der Waals surface area contributed by atoms with E-state index in [1.807, 2.05) is 0 Å². The summed E-state index contributed by atoms with van der Waals surface area (Å²) < 4.78 is 10.5. The zero-order valence-corrected chi connectivity index (χ0v) is 11.9. The van der Waals surface area contributed by atoms with Gasteiger partial charge in [-0.3, -0.25) is 0 Å². The number of ether oxygens (including phenoxy) is 2. The summed E-state index contributed by atoms with van der Waals surface area (Å²) in [7, 11) is 0. The largest absolute Gasteiger partial charge is 0.478 e. The SMILES string of the molecule is CC(=CCCOCCOCCC=C(C)C(=O)O)C(=O)O. The molecule has 0 atom stereocenters. The molecule has 0 aromatic rings. The van der Waals surface area contributed by atoms with Gasteiger partial charge in [0.25, 0.3) is 0 Å². The van der Waals surface area contributed by atoms with Crippen LogP contribution in [0.25, 0.3) is 0 Å². The molecule has 0 aliphatic carbocycles. The van der Waals surface area contributed by atoms with E-state index in [2.05, 4.69) is 0 Å². The van der Waals surface area contributed by atoms with Gasteiger partial charge in [-0.15, -0.1) is 0 Å². The summed E-state index contributed by atoms with van der Waals surface area (Å²) in [6.07, 6.45) is 4.34. The lowest BCUT2D eigenvalue weighted by Gasteiger charge is -2.04. The Morgan fingerprint density at radius 1 is 0.800 bits per heavy atom. The number of hydrogen-bond donors (Lipinski definition) is 2. The van der Waals surface area contributed by atoms with Crippen LogP contribution in [0.4, 0.5) is 0 Å². The van der Waals surface area contributed by atoms with Gasteiger partial charge in [0, 0.05) is 11.1 Å². The number of rotatable bonds is 11. The first-order valence-electron chi connectivity index (χ1n) is 6.40. The van der Waals surface area contributed by atoms with Gasteiger partial charge in [-0.25, -0.2) is 9.59 Å². The highest BCUT2D eigenvalue weighted by molar-refractivity contribution is 5.86. The summed E-state index contributed by atoms with van der Waals surface area (Å²) in [5, 5.41) is 17.2. The molecule has 20 heavy (non-hydrogen) atoms. The lowest BCUT2D eigenvalue weighted by atomic mass is 10.2. The Morgan fingerprint density at radius 2 is 1.15 bits per heavy atom. The average Bonchev–Trinajstić information content (AvgIpc) is 2.39. The van der Waals surface area contributed by atoms with Gasteiger partial charge in [0.05, 0.1) is 26.4 Å². The van der Waals surface area contributed by atoms with Gasteiger partial charge in [0.1, 0.15) is 0 Å². The summed E-state index contributed by atoms with van der Waals surface area (Å²) in [6, 6.07) is 0. The van der Waals surface area contributed by atoms with E-state index in [0.717, 1.165) is 0 Å². The monoisotopic (exact) mass is 286 g/mol. The topological polar surface area (TPSA) is 93.1 Å². The van der Waals surface area contributed by atoms with Crippen LogP contribution in [0.5, 0.6) is 0 Å². The van der Waals surface area contributed by atoms with Crippen molar-refractivity contribution in [2.24, 2.45) is 0 Å². The second kappa shape index (κ2) is 11.2. The molecular formula is C14H22O6. The molecule has 114 valence electrons. The highest BCUT2D eigenvalue weighted by atomic mass is 16.5. The molecule has 0 bridgehead atoms. The third kappa shape index (κ3) is 10.3. The van der Waals surface area contributed by atoms with Crippen LogP contribution in [0.3, 0.4) is 0 Å². The second-order valence-corrected chi connectivity index (χ2v) is 4.19. The molecule has 0 rings (SSSR count). The minimum Gasteiger partial charge on any atom is -0.478 e. The summed E-state index contributed by atoms with van der Waals surface area (Å²) in [4.78, 5) is 21.0. The van der Waals surface area contributed by atoms with Gasteiger partial charge in [-0.05, 0) is 26.7 Å². The fourth-order valence-electron chi connectivity index (χ4n) is 1.21. The van der Waals surface area contributed by atoms with Crippen LogP contribution >= 0.6 is 0 Å². The molecular weight excluding hydrogens is 264 g/mol. The molecule has 0 spiro atoms. The Kier molecular flexibility index (Phi) is 10.3. The van der Waals surface area contributed by atoms with Gasteiger partial charge >= 0.3 is 11.9 Å². The predicted molar refractivity (Wildman–Crippen MR) is 73.7 cm³/mol. The van der Waals surface area contributed by atoms with E-state index in [4.69, 9.17) is 19.7 Å². The van der Waals surface area contributed by atoms with Gasteiger partial charge < -0.3 is 19.7 Å². The van der Waals surface area contributed by atoms with E-state index in [1.165, 1.54) is 13.8 Å². The summed E-state index contributed by atoms with van der Waals surface area (Å²) in [6.45, 7) is 4.84. The number of carbonyl (C=O) groups is 2. The van der Waals surface area contributed by atoms with E-state index >= 15 is 0 Å². The van der Waals surface area contributed by atoms with Crippen LogP contribution in [-0.4, -0.2) is 48.6 Å². The van der Waals surface area contributed by atoms with E-state index in [0.29, 0.717) is 50.4 Å². The minimum atomic E-state index is -0.918. The normalized spacial score (nSPS) is 12.5. The third-order valence-electron chi connectivity index (χ3n) is 2.47. The zero-order chi connectivity index (χ0) is 15.4. The smallest absolute Gasteiger partial charge is 0.330 e. The van der Waals surface area contributed by atoms with Crippen LogP contribution in [0.15, 0.2) is 23.3 Å². The van der Waals surface area contributed by atoms with E-state index in [1.54, 1.807) is 12.2 Å². The third-order valence-corrected chi connectivity index (χ3v) is 2.47. The van der Waals surface area contributed by atoms with Crippen molar-refractivity contribution in [3.8, 4) is 0 Å². The molecule has 6 heteroatoms. The maximum absolute atomic E-state index is 10.5. The zero-order valence-electron chi connectivity index (χ0n) is 11.9. The van der Waals surface area contributed by atoms with Crippen molar-refractivity contribution < 1.29 is 29.3 Å². The fourth-order valence-corrected chi connectivity index (χ4v) is 1.21. The first-order valence-corrected chi connectivity index (χ1v) is 6.40. The van der Waals surface area contributed by atoms with Crippen molar-refractivity contribution in [2.45, 2.75) is 26.7 Å². The van der Waals surface area contributed by atoms with Crippen molar-refractivity contribution in [1.82, 2.24) is 0 Å². The molecule has 6 nitrogen and oxygen atoms in total. The van der Waals surface area contributed by atoms with Gasteiger partial charge in [0.15, 0.2) is 0 Å². The van der Waals surface area contributed by atoms with Crippen molar-refractivity contribution >= 4 is 11.9 Å².